The van der Waals surface area contributed by atoms with Crippen LogP contribution in [-0.4, -0.2) is 0 Å². The molecule has 0 aliphatic heterocycles. The Labute approximate surface area is 151 Å². The van der Waals surface area contributed by atoms with Gasteiger partial charge in [-0.3, -0.25) is 0 Å². The maximum Gasteiger partial charge on any atom is 2.00 e. The molecular formula is C20H26CuO2. The van der Waals surface area contributed by atoms with Crippen LogP contribution >= 0.6 is 0 Å². The first-order valence-electron chi connectivity index (χ1n) is 8.14. The molecule has 0 bridgehead atoms. The first kappa shape index (κ1) is 21.6. The van der Waals surface area contributed by atoms with E-state index >= 15 is 0 Å². The van der Waals surface area contributed by atoms with Gasteiger partial charge in [0.05, 0.1) is 0 Å². The Hall–Kier alpha value is -1.44. The molecule has 0 aliphatic rings. The molecular weight excluding hydrogens is 336 g/mol. The molecule has 0 heterocycles. The molecule has 0 saturated carbocycles. The molecule has 2 aromatic carbocycles. The molecule has 0 fully saturated rings. The smallest absolute Gasteiger partial charge is 0.872 e. The predicted molar refractivity (Wildman–Crippen MR) is 89.3 cm³/mol. The van der Waals surface area contributed by atoms with Crippen LogP contribution in [-0.2, 0) is 42.8 Å². The minimum absolute atomic E-state index is 0. The number of hydrogen-bond donors (Lipinski definition) is 0. The van der Waals surface area contributed by atoms with Crippen molar-refractivity contribution >= 4 is 0 Å². The van der Waals surface area contributed by atoms with Crippen LogP contribution in [0.15, 0.2) is 36.4 Å². The van der Waals surface area contributed by atoms with Gasteiger partial charge in [-0.2, -0.15) is 0 Å². The van der Waals surface area contributed by atoms with Crippen molar-refractivity contribution in [1.82, 2.24) is 0 Å². The van der Waals surface area contributed by atoms with Crippen LogP contribution in [0.4, 0.5) is 0 Å². The van der Waals surface area contributed by atoms with E-state index < -0.39 is 0 Å². The second-order valence-corrected chi connectivity index (χ2v) is 5.20. The molecule has 3 heteroatoms. The van der Waals surface area contributed by atoms with Crippen LogP contribution < -0.4 is 10.2 Å². The number of aryl methyl sites for hydroxylation is 2. The summed E-state index contributed by atoms with van der Waals surface area (Å²) in [6.45, 7) is 8.20. The van der Waals surface area contributed by atoms with Crippen molar-refractivity contribution in [3.8, 4) is 11.5 Å². The third-order valence-electron chi connectivity index (χ3n) is 3.93. The van der Waals surface area contributed by atoms with E-state index in [1.807, 2.05) is 38.1 Å². The van der Waals surface area contributed by atoms with Crippen molar-refractivity contribution in [2.45, 2.75) is 53.4 Å². The Balaban J connectivity index is 0.000000403. The van der Waals surface area contributed by atoms with Crippen LogP contribution in [0.3, 0.4) is 0 Å². The van der Waals surface area contributed by atoms with Gasteiger partial charge in [0.15, 0.2) is 0 Å². The van der Waals surface area contributed by atoms with Crippen LogP contribution in [0.2, 0.25) is 0 Å². The van der Waals surface area contributed by atoms with E-state index in [2.05, 4.69) is 13.8 Å². The van der Waals surface area contributed by atoms with Gasteiger partial charge in [0.2, 0.25) is 0 Å². The van der Waals surface area contributed by atoms with E-state index in [1.165, 1.54) is 11.1 Å². The van der Waals surface area contributed by atoms with Gasteiger partial charge in [0, 0.05) is 0 Å². The minimum Gasteiger partial charge on any atom is -0.872 e. The third-order valence-corrected chi connectivity index (χ3v) is 3.93. The fraction of sp³-hybridized carbons (Fsp3) is 0.400. The Kier molecular flexibility index (Phi) is 10.5. The van der Waals surface area contributed by atoms with Crippen molar-refractivity contribution in [3.63, 3.8) is 0 Å². The summed E-state index contributed by atoms with van der Waals surface area (Å²) < 4.78 is 0. The fourth-order valence-electron chi connectivity index (χ4n) is 2.69. The quantitative estimate of drug-likeness (QED) is 0.778. The van der Waals surface area contributed by atoms with E-state index in [-0.39, 0.29) is 28.6 Å². The molecule has 0 aliphatic carbocycles. The molecule has 0 atom stereocenters. The summed E-state index contributed by atoms with van der Waals surface area (Å²) in [6, 6.07) is 11.0. The standard InChI is InChI=1S/2C10H14O.Cu/c2*1-3-8-6-5-7-10(11)9(8)4-2;/h2*5-7,11H,3-4H2,1-2H3;/q;;+2/p-2. The molecule has 0 N–H and O–H groups in total. The first-order valence-corrected chi connectivity index (χ1v) is 8.14. The van der Waals surface area contributed by atoms with Gasteiger partial charge in [-0.15, -0.1) is 11.5 Å². The summed E-state index contributed by atoms with van der Waals surface area (Å²) in [4.78, 5) is 0. The molecule has 0 spiro atoms. The second-order valence-electron chi connectivity index (χ2n) is 5.20. The van der Waals surface area contributed by atoms with Crippen molar-refractivity contribution in [2.75, 3.05) is 0 Å². The Morgan fingerprint density at radius 1 is 0.609 bits per heavy atom. The summed E-state index contributed by atoms with van der Waals surface area (Å²) in [5.74, 6) is 0.374. The molecule has 2 aromatic rings. The minimum atomic E-state index is 0. The fourth-order valence-corrected chi connectivity index (χ4v) is 2.69. The zero-order chi connectivity index (χ0) is 16.5. The van der Waals surface area contributed by atoms with Gasteiger partial charge < -0.3 is 10.2 Å². The molecule has 2 rings (SSSR count). The summed E-state index contributed by atoms with van der Waals surface area (Å²) in [5, 5.41) is 22.5. The second kappa shape index (κ2) is 11.2. The van der Waals surface area contributed by atoms with Gasteiger partial charge in [0.1, 0.15) is 0 Å². The van der Waals surface area contributed by atoms with Crippen LogP contribution in [0.1, 0.15) is 49.9 Å². The molecule has 0 unspecified atom stereocenters. The topological polar surface area (TPSA) is 46.1 Å². The molecule has 1 radical (unpaired) electrons. The Morgan fingerprint density at radius 2 is 0.957 bits per heavy atom. The average Bonchev–Trinajstić information content (AvgIpc) is 2.54. The summed E-state index contributed by atoms with van der Waals surface area (Å²) >= 11 is 0. The molecule has 23 heavy (non-hydrogen) atoms. The van der Waals surface area contributed by atoms with Crippen molar-refractivity contribution in [1.29, 1.82) is 0 Å². The van der Waals surface area contributed by atoms with Crippen molar-refractivity contribution in [2.24, 2.45) is 0 Å². The Morgan fingerprint density at radius 3 is 1.17 bits per heavy atom. The van der Waals surface area contributed by atoms with E-state index in [4.69, 9.17) is 0 Å². The van der Waals surface area contributed by atoms with Crippen LogP contribution in [0.25, 0.3) is 0 Å². The molecule has 2 nitrogen and oxygen atoms in total. The van der Waals surface area contributed by atoms with Gasteiger partial charge in [0.25, 0.3) is 0 Å². The number of benzene rings is 2. The van der Waals surface area contributed by atoms with Gasteiger partial charge in [-0.1, -0.05) is 75.2 Å². The first-order chi connectivity index (χ1) is 10.6. The number of hydrogen-bond acceptors (Lipinski definition) is 2. The van der Waals surface area contributed by atoms with E-state index in [0.29, 0.717) is 0 Å². The average molecular weight is 362 g/mol. The maximum atomic E-state index is 11.2. The van der Waals surface area contributed by atoms with Crippen molar-refractivity contribution in [3.05, 3.63) is 58.7 Å². The largest absolute Gasteiger partial charge is 2.00 e. The molecule has 129 valence electrons. The normalized spacial score (nSPS) is 9.57. The zero-order valence-corrected chi connectivity index (χ0v) is 15.4. The van der Waals surface area contributed by atoms with E-state index in [9.17, 15) is 10.2 Å². The van der Waals surface area contributed by atoms with Crippen LogP contribution in [0.5, 0.6) is 11.5 Å². The van der Waals surface area contributed by atoms with Gasteiger partial charge in [-0.05, 0) is 36.8 Å². The van der Waals surface area contributed by atoms with E-state index in [1.54, 1.807) is 12.1 Å². The maximum absolute atomic E-state index is 11.2. The molecule has 0 amide bonds. The SMILES string of the molecule is CCc1cccc([O-])c1CC.CCc1cccc([O-])c1CC.[Cu+2]. The monoisotopic (exact) mass is 361 g/mol. The van der Waals surface area contributed by atoms with E-state index in [0.717, 1.165) is 36.8 Å². The van der Waals surface area contributed by atoms with Crippen LogP contribution in [0, 0.1) is 0 Å². The Bertz CT molecular complexity index is 541. The molecule has 0 aromatic heterocycles. The predicted octanol–water partition coefficient (Wildman–Crippen LogP) is 3.77. The van der Waals surface area contributed by atoms with Gasteiger partial charge in [-0.25, -0.2) is 0 Å². The molecule has 0 saturated heterocycles. The zero-order valence-electron chi connectivity index (χ0n) is 14.4. The summed E-state index contributed by atoms with van der Waals surface area (Å²) in [7, 11) is 0. The third kappa shape index (κ3) is 5.93. The van der Waals surface area contributed by atoms with Crippen molar-refractivity contribution < 1.29 is 27.3 Å². The summed E-state index contributed by atoms with van der Waals surface area (Å²) in [6.07, 6.45) is 3.62. The van der Waals surface area contributed by atoms with Gasteiger partial charge >= 0.3 is 17.1 Å². The summed E-state index contributed by atoms with van der Waals surface area (Å²) in [5.41, 5.74) is 4.35. The number of rotatable bonds is 4.